The lowest BCUT2D eigenvalue weighted by Crippen LogP contribution is -2.22. The fourth-order valence-electron chi connectivity index (χ4n) is 2.15. The Morgan fingerprint density at radius 1 is 1.14 bits per heavy atom. The fraction of sp³-hybridized carbons (Fsp3) is 0.438. The maximum atomic E-state index is 4.31. The SMILES string of the molecule is CN(CCc1ccncc1)c1ccc(CNC2CC2)nn1. The number of likely N-dealkylation sites (N-methyl/N-ethyl adjacent to an activating group) is 1. The lowest BCUT2D eigenvalue weighted by Gasteiger charge is -2.17. The van der Waals surface area contributed by atoms with Crippen LogP contribution >= 0.6 is 0 Å². The molecule has 0 aliphatic heterocycles. The molecular formula is C16H21N5. The molecule has 0 unspecified atom stereocenters. The lowest BCUT2D eigenvalue weighted by molar-refractivity contribution is 0.664. The second-order valence-electron chi connectivity index (χ2n) is 5.57. The number of nitrogens with zero attached hydrogens (tertiary/aromatic N) is 4. The Morgan fingerprint density at radius 3 is 2.62 bits per heavy atom. The molecule has 0 amide bonds. The molecule has 5 nitrogen and oxygen atoms in total. The van der Waals surface area contributed by atoms with Gasteiger partial charge in [-0.05, 0) is 49.1 Å². The fourth-order valence-corrected chi connectivity index (χ4v) is 2.15. The van der Waals surface area contributed by atoms with Gasteiger partial charge in [-0.15, -0.1) is 5.10 Å². The molecule has 0 radical (unpaired) electrons. The molecule has 0 saturated heterocycles. The summed E-state index contributed by atoms with van der Waals surface area (Å²) in [6, 6.07) is 8.90. The number of aromatic nitrogens is 3. The van der Waals surface area contributed by atoms with Crippen molar-refractivity contribution in [3.05, 3.63) is 47.9 Å². The van der Waals surface area contributed by atoms with Crippen LogP contribution in [0.3, 0.4) is 0 Å². The van der Waals surface area contributed by atoms with Crippen LogP contribution < -0.4 is 10.2 Å². The molecule has 2 aromatic rings. The van der Waals surface area contributed by atoms with Gasteiger partial charge in [-0.25, -0.2) is 0 Å². The highest BCUT2D eigenvalue weighted by Gasteiger charge is 2.20. The zero-order valence-corrected chi connectivity index (χ0v) is 12.4. The quantitative estimate of drug-likeness (QED) is 0.840. The van der Waals surface area contributed by atoms with Gasteiger partial charge < -0.3 is 10.2 Å². The van der Waals surface area contributed by atoms with Crippen LogP contribution in [-0.4, -0.2) is 34.8 Å². The third-order valence-corrected chi connectivity index (χ3v) is 3.73. The van der Waals surface area contributed by atoms with Gasteiger partial charge >= 0.3 is 0 Å². The standard InChI is InChI=1S/C16H21N5/c1-21(11-8-13-6-9-17-10-7-13)16-5-4-15(19-20-16)12-18-14-2-3-14/h4-7,9-10,14,18H,2-3,8,11-12H2,1H3. The van der Waals surface area contributed by atoms with Crippen molar-refractivity contribution in [2.24, 2.45) is 0 Å². The highest BCUT2D eigenvalue weighted by Crippen LogP contribution is 2.19. The van der Waals surface area contributed by atoms with Crippen molar-refractivity contribution in [1.29, 1.82) is 0 Å². The predicted octanol–water partition coefficient (Wildman–Crippen LogP) is 1.80. The summed E-state index contributed by atoms with van der Waals surface area (Å²) in [7, 11) is 2.05. The van der Waals surface area contributed by atoms with Crippen LogP contribution in [0, 0.1) is 0 Å². The zero-order chi connectivity index (χ0) is 14.5. The maximum Gasteiger partial charge on any atom is 0.150 e. The van der Waals surface area contributed by atoms with Gasteiger partial charge in [-0.2, -0.15) is 5.10 Å². The van der Waals surface area contributed by atoms with E-state index in [1.165, 1.54) is 18.4 Å². The average molecular weight is 283 g/mol. The highest BCUT2D eigenvalue weighted by atomic mass is 15.2. The molecule has 3 rings (SSSR count). The van der Waals surface area contributed by atoms with E-state index in [4.69, 9.17) is 0 Å². The molecule has 1 saturated carbocycles. The lowest BCUT2D eigenvalue weighted by atomic mass is 10.2. The average Bonchev–Trinajstić information content (AvgIpc) is 3.36. The molecule has 1 aliphatic carbocycles. The summed E-state index contributed by atoms with van der Waals surface area (Å²) in [5.41, 5.74) is 2.29. The Hall–Kier alpha value is -2.01. The van der Waals surface area contributed by atoms with E-state index in [1.54, 1.807) is 0 Å². The van der Waals surface area contributed by atoms with Gasteiger partial charge in [0, 0.05) is 38.6 Å². The zero-order valence-electron chi connectivity index (χ0n) is 12.4. The first kappa shape index (κ1) is 13.9. The normalized spacial score (nSPS) is 14.1. The van der Waals surface area contributed by atoms with E-state index < -0.39 is 0 Å². The molecule has 0 spiro atoms. The van der Waals surface area contributed by atoms with Gasteiger partial charge in [0.05, 0.1) is 5.69 Å². The number of anilines is 1. The first-order valence-electron chi connectivity index (χ1n) is 7.47. The van der Waals surface area contributed by atoms with Crippen LogP contribution in [0.1, 0.15) is 24.1 Å². The number of hydrogen-bond acceptors (Lipinski definition) is 5. The summed E-state index contributed by atoms with van der Waals surface area (Å²) < 4.78 is 0. The number of nitrogens with one attached hydrogen (secondary N) is 1. The van der Waals surface area contributed by atoms with E-state index in [0.717, 1.165) is 31.0 Å². The third-order valence-electron chi connectivity index (χ3n) is 3.73. The van der Waals surface area contributed by atoms with Crippen LogP contribution in [-0.2, 0) is 13.0 Å². The second-order valence-corrected chi connectivity index (χ2v) is 5.57. The van der Waals surface area contributed by atoms with Crippen LogP contribution in [0.25, 0.3) is 0 Å². The van der Waals surface area contributed by atoms with E-state index >= 15 is 0 Å². The third kappa shape index (κ3) is 4.23. The summed E-state index contributed by atoms with van der Waals surface area (Å²) in [6.45, 7) is 1.73. The van der Waals surface area contributed by atoms with Crippen molar-refractivity contribution < 1.29 is 0 Å². The number of rotatable bonds is 7. The Kier molecular flexibility index (Phi) is 4.40. The van der Waals surface area contributed by atoms with E-state index in [0.29, 0.717) is 6.04 Å². The van der Waals surface area contributed by atoms with Gasteiger partial charge in [0.25, 0.3) is 0 Å². The summed E-state index contributed by atoms with van der Waals surface area (Å²) >= 11 is 0. The van der Waals surface area contributed by atoms with Crippen molar-refractivity contribution in [2.75, 3.05) is 18.5 Å². The van der Waals surface area contributed by atoms with Crippen LogP contribution in [0.5, 0.6) is 0 Å². The molecule has 110 valence electrons. The van der Waals surface area contributed by atoms with Crippen LogP contribution in [0.4, 0.5) is 5.82 Å². The second kappa shape index (κ2) is 6.63. The first-order chi connectivity index (χ1) is 10.3. The smallest absolute Gasteiger partial charge is 0.150 e. The van der Waals surface area contributed by atoms with E-state index in [-0.39, 0.29) is 0 Å². The topological polar surface area (TPSA) is 53.9 Å². The van der Waals surface area contributed by atoms with E-state index in [9.17, 15) is 0 Å². The molecule has 1 fully saturated rings. The molecule has 21 heavy (non-hydrogen) atoms. The minimum absolute atomic E-state index is 0.703. The van der Waals surface area contributed by atoms with Crippen molar-refractivity contribution in [2.45, 2.75) is 31.8 Å². The van der Waals surface area contributed by atoms with E-state index in [2.05, 4.69) is 31.5 Å². The molecular weight excluding hydrogens is 262 g/mol. The Morgan fingerprint density at radius 2 is 1.95 bits per heavy atom. The monoisotopic (exact) mass is 283 g/mol. The summed E-state index contributed by atoms with van der Waals surface area (Å²) in [6.07, 6.45) is 7.23. The molecule has 1 N–H and O–H groups in total. The molecule has 1 aliphatic rings. The summed E-state index contributed by atoms with van der Waals surface area (Å²) in [5.74, 6) is 0.916. The van der Waals surface area contributed by atoms with Crippen LogP contribution in [0.15, 0.2) is 36.7 Å². The molecule has 5 heteroatoms. The van der Waals surface area contributed by atoms with Crippen molar-refractivity contribution in [3.63, 3.8) is 0 Å². The molecule has 2 heterocycles. The molecule has 0 atom stereocenters. The van der Waals surface area contributed by atoms with Gasteiger partial charge in [0.2, 0.25) is 0 Å². The van der Waals surface area contributed by atoms with E-state index in [1.807, 2.05) is 37.6 Å². The molecule has 0 bridgehead atoms. The van der Waals surface area contributed by atoms with Gasteiger partial charge in [0.1, 0.15) is 0 Å². The predicted molar refractivity (Wildman–Crippen MR) is 83.1 cm³/mol. The maximum absolute atomic E-state index is 4.31. The Bertz CT molecular complexity index is 551. The largest absolute Gasteiger partial charge is 0.358 e. The highest BCUT2D eigenvalue weighted by molar-refractivity contribution is 5.36. The number of pyridine rings is 1. The number of hydrogen-bond donors (Lipinski definition) is 1. The summed E-state index contributed by atoms with van der Waals surface area (Å²) in [5, 5.41) is 12.0. The molecule has 0 aromatic carbocycles. The molecule has 2 aromatic heterocycles. The minimum Gasteiger partial charge on any atom is -0.358 e. The van der Waals surface area contributed by atoms with Crippen LogP contribution in [0.2, 0.25) is 0 Å². The Balaban J connectivity index is 1.50. The van der Waals surface area contributed by atoms with Crippen molar-refractivity contribution in [1.82, 2.24) is 20.5 Å². The Labute approximate surface area is 125 Å². The van der Waals surface area contributed by atoms with Crippen molar-refractivity contribution >= 4 is 5.82 Å². The van der Waals surface area contributed by atoms with Gasteiger partial charge in [0.15, 0.2) is 5.82 Å². The first-order valence-corrected chi connectivity index (χ1v) is 7.47. The summed E-state index contributed by atoms with van der Waals surface area (Å²) in [4.78, 5) is 6.16. The minimum atomic E-state index is 0.703. The van der Waals surface area contributed by atoms with Gasteiger partial charge in [-0.1, -0.05) is 0 Å². The van der Waals surface area contributed by atoms with Gasteiger partial charge in [-0.3, -0.25) is 4.98 Å². The van der Waals surface area contributed by atoms with Crippen molar-refractivity contribution in [3.8, 4) is 0 Å².